The lowest BCUT2D eigenvalue weighted by molar-refractivity contribution is -0.128. The number of thiazole rings is 1. The van der Waals surface area contributed by atoms with Crippen LogP contribution in [0.1, 0.15) is 73.8 Å². The predicted molar refractivity (Wildman–Crippen MR) is 178 cm³/mol. The van der Waals surface area contributed by atoms with Gasteiger partial charge in [0.15, 0.2) is 22.5 Å². The monoisotopic (exact) mass is 635 g/mol. The van der Waals surface area contributed by atoms with Gasteiger partial charge in [-0.15, -0.1) is 11.3 Å². The van der Waals surface area contributed by atoms with Crippen molar-refractivity contribution in [3.63, 3.8) is 0 Å². The number of aliphatic hydroxyl groups excluding tert-OH is 1. The smallest absolute Gasteiger partial charge is 0.224 e. The molecule has 10 nitrogen and oxygen atoms in total. The zero-order chi connectivity index (χ0) is 32.9. The third-order valence-electron chi connectivity index (χ3n) is 7.60. The lowest BCUT2D eigenvalue weighted by Gasteiger charge is -2.22. The van der Waals surface area contributed by atoms with Gasteiger partial charge in [-0.05, 0) is 54.9 Å². The Bertz CT molecular complexity index is 1460. The first kappa shape index (κ1) is 35.5. The van der Waals surface area contributed by atoms with Gasteiger partial charge in [0.1, 0.15) is 5.78 Å². The molecule has 0 aliphatic carbocycles. The Morgan fingerprint density at radius 1 is 1.00 bits per heavy atom. The van der Waals surface area contributed by atoms with E-state index in [1.165, 1.54) is 11.3 Å². The van der Waals surface area contributed by atoms with E-state index in [-0.39, 0.29) is 54.6 Å². The third kappa shape index (κ3) is 11.5. The number of aromatic nitrogens is 1. The van der Waals surface area contributed by atoms with E-state index in [9.17, 15) is 24.3 Å². The predicted octanol–water partition coefficient (Wildman–Crippen LogP) is 4.01. The Kier molecular flexibility index (Phi) is 13.8. The van der Waals surface area contributed by atoms with E-state index in [4.69, 9.17) is 11.5 Å². The lowest BCUT2D eigenvalue weighted by atomic mass is 9.88. The topological polar surface area (TPSA) is 178 Å². The summed E-state index contributed by atoms with van der Waals surface area (Å²) in [5, 5.41) is 12.5. The molecule has 3 atom stereocenters. The average molecular weight is 636 g/mol. The van der Waals surface area contributed by atoms with Crippen LogP contribution in [-0.2, 0) is 27.2 Å². The van der Waals surface area contributed by atoms with Crippen LogP contribution in [0.15, 0.2) is 53.5 Å². The molecule has 0 bridgehead atoms. The summed E-state index contributed by atoms with van der Waals surface area (Å²) < 4.78 is 0.895. The quantitative estimate of drug-likeness (QED) is 0.0660. The number of aryl methyl sites for hydroxylation is 1. The normalized spacial score (nSPS) is 13.3. The summed E-state index contributed by atoms with van der Waals surface area (Å²) in [6, 6.07) is 14.2. The Balaban J connectivity index is 1.71. The van der Waals surface area contributed by atoms with Gasteiger partial charge < -0.3 is 21.9 Å². The molecule has 0 radical (unpaired) electrons. The number of guanidine groups is 1. The molecule has 1 aromatic heterocycles. The molecule has 45 heavy (non-hydrogen) atoms. The minimum atomic E-state index is -0.748. The molecule has 0 saturated carbocycles. The number of hydrogen-bond donors (Lipinski definition) is 4. The first-order chi connectivity index (χ1) is 21.5. The molecule has 3 aromatic rings. The number of carbonyl (C=O) groups excluding carboxylic acids is 4. The molecule has 1 amide bonds. The molecule has 0 aliphatic heterocycles. The minimum absolute atomic E-state index is 0.00755. The van der Waals surface area contributed by atoms with Crippen LogP contribution in [0.3, 0.4) is 0 Å². The number of nitrogens with one attached hydrogen (secondary N) is 1. The molecule has 242 valence electrons. The Morgan fingerprint density at radius 3 is 2.42 bits per heavy atom. The summed E-state index contributed by atoms with van der Waals surface area (Å²) in [7, 11) is 0. The van der Waals surface area contributed by atoms with Gasteiger partial charge in [-0.3, -0.25) is 24.2 Å². The van der Waals surface area contributed by atoms with Crippen LogP contribution in [0.2, 0.25) is 0 Å². The van der Waals surface area contributed by atoms with Gasteiger partial charge >= 0.3 is 0 Å². The van der Waals surface area contributed by atoms with E-state index in [1.807, 2.05) is 62.4 Å². The molecular weight excluding hydrogens is 590 g/mol. The van der Waals surface area contributed by atoms with E-state index in [0.29, 0.717) is 43.7 Å². The van der Waals surface area contributed by atoms with Crippen molar-refractivity contribution in [1.29, 1.82) is 0 Å². The number of fused-ring (bicyclic) bond motifs is 1. The maximum Gasteiger partial charge on any atom is 0.224 e. The van der Waals surface area contributed by atoms with Crippen LogP contribution in [0, 0.1) is 17.8 Å². The van der Waals surface area contributed by atoms with Gasteiger partial charge in [0.05, 0.1) is 29.3 Å². The largest absolute Gasteiger partial charge is 0.396 e. The number of carbonyl (C=O) groups is 4. The summed E-state index contributed by atoms with van der Waals surface area (Å²) in [5.74, 6) is -1.65. The van der Waals surface area contributed by atoms with E-state index < -0.39 is 17.9 Å². The number of Topliss-reactive ketones (excluding diaryl/α,β-unsaturated/α-hetero) is 3. The molecule has 0 fully saturated rings. The molecule has 0 spiro atoms. The number of ketones is 3. The van der Waals surface area contributed by atoms with E-state index >= 15 is 0 Å². The fraction of sp³-hybridized carbons (Fsp3) is 0.471. The molecule has 0 saturated heterocycles. The minimum Gasteiger partial charge on any atom is -0.396 e. The van der Waals surface area contributed by atoms with Crippen LogP contribution in [0.25, 0.3) is 10.2 Å². The number of aliphatic hydroxyl groups is 1. The first-order valence-electron chi connectivity index (χ1n) is 15.4. The van der Waals surface area contributed by atoms with Gasteiger partial charge in [0, 0.05) is 31.2 Å². The second-order valence-electron chi connectivity index (χ2n) is 12.0. The number of benzene rings is 2. The van der Waals surface area contributed by atoms with Gasteiger partial charge in [-0.25, -0.2) is 4.98 Å². The average Bonchev–Trinajstić information content (AvgIpc) is 3.44. The van der Waals surface area contributed by atoms with Crippen molar-refractivity contribution >= 4 is 50.8 Å². The highest BCUT2D eigenvalue weighted by molar-refractivity contribution is 7.20. The van der Waals surface area contributed by atoms with Crippen LogP contribution in [0.4, 0.5) is 0 Å². The van der Waals surface area contributed by atoms with E-state index in [2.05, 4.69) is 15.3 Å². The number of nitrogens with two attached hydrogens (primary N) is 2. The molecular formula is C34H45N5O5S. The van der Waals surface area contributed by atoms with Crippen molar-refractivity contribution < 1.29 is 24.3 Å². The Hall–Kier alpha value is -3.96. The molecule has 0 aliphatic rings. The van der Waals surface area contributed by atoms with Crippen molar-refractivity contribution in [2.75, 3.05) is 13.2 Å². The van der Waals surface area contributed by atoms with E-state index in [0.717, 1.165) is 21.3 Å². The highest BCUT2D eigenvalue weighted by Crippen LogP contribution is 2.27. The highest BCUT2D eigenvalue weighted by atomic mass is 32.1. The number of amides is 1. The van der Waals surface area contributed by atoms with Crippen LogP contribution >= 0.6 is 11.3 Å². The fourth-order valence-corrected chi connectivity index (χ4v) is 6.08. The molecule has 2 aromatic carbocycles. The van der Waals surface area contributed by atoms with Crippen LogP contribution in [0.5, 0.6) is 0 Å². The van der Waals surface area contributed by atoms with Crippen molar-refractivity contribution in [3.05, 3.63) is 64.7 Å². The first-order valence-corrected chi connectivity index (χ1v) is 16.3. The van der Waals surface area contributed by atoms with Crippen LogP contribution in [-0.4, -0.2) is 58.5 Å². The fourth-order valence-electron chi connectivity index (χ4n) is 5.09. The molecule has 11 heteroatoms. The Labute approximate surface area is 268 Å². The number of para-hydroxylation sites is 1. The van der Waals surface area contributed by atoms with E-state index in [1.54, 1.807) is 6.92 Å². The summed E-state index contributed by atoms with van der Waals surface area (Å²) in [4.78, 5) is 61.2. The molecule has 1 heterocycles. The zero-order valence-corrected chi connectivity index (χ0v) is 27.1. The lowest BCUT2D eigenvalue weighted by Crippen LogP contribution is -2.43. The number of rotatable bonds is 19. The summed E-state index contributed by atoms with van der Waals surface area (Å²) in [6.07, 6.45) is 2.20. The van der Waals surface area contributed by atoms with Crippen molar-refractivity contribution in [2.45, 2.75) is 71.8 Å². The van der Waals surface area contributed by atoms with Crippen LogP contribution < -0.4 is 16.8 Å². The molecule has 0 unspecified atom stereocenters. The maximum absolute atomic E-state index is 13.7. The second-order valence-corrected chi connectivity index (χ2v) is 13.0. The van der Waals surface area contributed by atoms with Gasteiger partial charge in [-0.1, -0.05) is 57.2 Å². The number of nitrogens with zero attached hydrogens (tertiary/aromatic N) is 2. The third-order valence-corrected chi connectivity index (χ3v) is 8.65. The number of hydrogen-bond acceptors (Lipinski definition) is 8. The maximum atomic E-state index is 13.7. The van der Waals surface area contributed by atoms with Crippen molar-refractivity contribution in [1.82, 2.24) is 10.3 Å². The van der Waals surface area contributed by atoms with Crippen molar-refractivity contribution in [3.8, 4) is 0 Å². The number of aliphatic imine (C=N–C) groups is 1. The van der Waals surface area contributed by atoms with Crippen molar-refractivity contribution in [2.24, 2.45) is 34.2 Å². The standard InChI is InChI=1S/C34H45N5O5S/c1-21(2)16-27(38-31(43)18-24-9-6-8-23(17-24)13-14-28(41)22(3)20-40)29(42)19-25(10-7-15-37-34(35)36)32(44)33-39-26-11-4-5-12-30(26)45-33/h4-6,8-9,11-12,17,21-22,25,27,40H,7,10,13-16,18-20H2,1-3H3,(H,38,43)(H4,35,36,37)/t22-,25-,27-/m0/s1. The zero-order valence-electron chi connectivity index (χ0n) is 26.3. The van der Waals surface area contributed by atoms with Gasteiger partial charge in [-0.2, -0.15) is 0 Å². The summed E-state index contributed by atoms with van der Waals surface area (Å²) in [5.41, 5.74) is 13.3. The molecule has 6 N–H and O–H groups in total. The summed E-state index contributed by atoms with van der Waals surface area (Å²) >= 11 is 1.31. The van der Waals surface area contributed by atoms with Gasteiger partial charge in [0.2, 0.25) is 5.91 Å². The van der Waals surface area contributed by atoms with Gasteiger partial charge in [0.25, 0.3) is 0 Å². The highest BCUT2D eigenvalue weighted by Gasteiger charge is 2.30. The molecule has 3 rings (SSSR count). The summed E-state index contributed by atoms with van der Waals surface area (Å²) in [6.45, 7) is 5.82. The SMILES string of the molecule is CC(C)C[C@H](NC(=O)Cc1cccc(CCC(=O)[C@@H](C)CO)c1)C(=O)C[C@H](CCCN=C(N)N)C(=O)c1nc2ccccc2s1. The Morgan fingerprint density at radius 2 is 1.73 bits per heavy atom. The second kappa shape index (κ2) is 17.5.